The largest absolute Gasteiger partial charge is 0.356 e. The summed E-state index contributed by atoms with van der Waals surface area (Å²) in [6.07, 6.45) is 4.12. The van der Waals surface area contributed by atoms with Crippen LogP contribution in [0.1, 0.15) is 36.0 Å². The second kappa shape index (κ2) is 8.50. The minimum Gasteiger partial charge on any atom is -0.356 e. The quantitative estimate of drug-likeness (QED) is 0.679. The van der Waals surface area contributed by atoms with Gasteiger partial charge >= 0.3 is 0 Å². The average Bonchev–Trinajstić information content (AvgIpc) is 3.66. The molecule has 2 aliphatic rings. The number of fused-ring (bicyclic) bond motifs is 1. The molecule has 5 rings (SSSR count). The maximum Gasteiger partial charge on any atom is 0.254 e. The summed E-state index contributed by atoms with van der Waals surface area (Å²) in [5.74, 6) is 0.604. The van der Waals surface area contributed by atoms with E-state index in [9.17, 15) is 9.59 Å². The molecule has 0 spiro atoms. The predicted octanol–water partition coefficient (Wildman–Crippen LogP) is 4.28. The van der Waals surface area contributed by atoms with Gasteiger partial charge in [-0.05, 0) is 43.7 Å². The Balaban J connectivity index is 1.42. The zero-order valence-electron chi connectivity index (χ0n) is 17.6. The van der Waals surface area contributed by atoms with Gasteiger partial charge in [0.1, 0.15) is 0 Å². The molecule has 0 radical (unpaired) electrons. The lowest BCUT2D eigenvalue weighted by molar-refractivity contribution is -0.126. The maximum absolute atomic E-state index is 13.6. The topological polar surface area (TPSA) is 62.3 Å². The summed E-state index contributed by atoms with van der Waals surface area (Å²) < 4.78 is 0. The summed E-state index contributed by atoms with van der Waals surface area (Å²) in [6.45, 7) is 1.94. The predicted molar refractivity (Wildman–Crippen MR) is 122 cm³/mol. The molecule has 1 aromatic heterocycles. The Morgan fingerprint density at radius 2 is 1.77 bits per heavy atom. The summed E-state index contributed by atoms with van der Waals surface area (Å²) >= 11 is 0. The molecule has 2 amide bonds. The standard InChI is InChI=1S/C26H27N3O2/c30-25(27-16-18-12-13-18)20-9-6-14-29(17-20)26(31)22-15-24(19-7-2-1-3-8-19)28-23-11-5-4-10-21(22)23/h1-5,7-8,10-11,15,18,20H,6,9,12-14,16-17H2,(H,27,30)/t20-/m0/s1. The maximum atomic E-state index is 13.6. The molecule has 1 aliphatic heterocycles. The van der Waals surface area contributed by atoms with Gasteiger partial charge in [0.15, 0.2) is 0 Å². The highest BCUT2D eigenvalue weighted by Gasteiger charge is 2.31. The summed E-state index contributed by atoms with van der Waals surface area (Å²) in [6, 6.07) is 19.6. The number of amides is 2. The molecule has 1 aliphatic carbocycles. The lowest BCUT2D eigenvalue weighted by Gasteiger charge is -2.32. The van der Waals surface area contributed by atoms with E-state index in [-0.39, 0.29) is 17.7 Å². The van der Waals surface area contributed by atoms with Crippen LogP contribution in [0.15, 0.2) is 60.7 Å². The molecule has 3 aromatic rings. The Bertz CT molecular complexity index is 1110. The Hall–Kier alpha value is -3.21. The van der Waals surface area contributed by atoms with Gasteiger partial charge in [-0.15, -0.1) is 0 Å². The zero-order chi connectivity index (χ0) is 21.2. The first kappa shape index (κ1) is 19.7. The van der Waals surface area contributed by atoms with Crippen molar-refractivity contribution < 1.29 is 9.59 Å². The van der Waals surface area contributed by atoms with Crippen LogP contribution in [0.25, 0.3) is 22.2 Å². The number of hydrogen-bond donors (Lipinski definition) is 1. The van der Waals surface area contributed by atoms with Crippen molar-refractivity contribution in [3.63, 3.8) is 0 Å². The first-order valence-electron chi connectivity index (χ1n) is 11.2. The van der Waals surface area contributed by atoms with E-state index >= 15 is 0 Å². The number of hydrogen-bond acceptors (Lipinski definition) is 3. The van der Waals surface area contributed by atoms with Crippen LogP contribution in [0.4, 0.5) is 0 Å². The number of piperidine rings is 1. The molecule has 31 heavy (non-hydrogen) atoms. The normalized spacial score (nSPS) is 18.7. The lowest BCUT2D eigenvalue weighted by Crippen LogP contribution is -2.45. The third-order valence-corrected chi connectivity index (χ3v) is 6.36. The van der Waals surface area contributed by atoms with Crippen molar-refractivity contribution >= 4 is 22.7 Å². The molecule has 1 N–H and O–H groups in total. The third-order valence-electron chi connectivity index (χ3n) is 6.36. The number of carbonyl (C=O) groups is 2. The fraction of sp³-hybridized carbons (Fsp3) is 0.346. The molecule has 1 saturated heterocycles. The number of nitrogens with one attached hydrogen (secondary N) is 1. The van der Waals surface area contributed by atoms with Gasteiger partial charge in [0, 0.05) is 30.6 Å². The monoisotopic (exact) mass is 413 g/mol. The molecule has 0 unspecified atom stereocenters. The number of aromatic nitrogens is 1. The fourth-order valence-corrected chi connectivity index (χ4v) is 4.37. The van der Waals surface area contributed by atoms with Crippen molar-refractivity contribution in [2.75, 3.05) is 19.6 Å². The van der Waals surface area contributed by atoms with Crippen LogP contribution in [-0.4, -0.2) is 41.3 Å². The van der Waals surface area contributed by atoms with E-state index in [1.807, 2.05) is 65.6 Å². The number of benzene rings is 2. The summed E-state index contributed by atoms with van der Waals surface area (Å²) in [4.78, 5) is 32.9. The Morgan fingerprint density at radius 1 is 1.00 bits per heavy atom. The zero-order valence-corrected chi connectivity index (χ0v) is 17.6. The molecule has 2 heterocycles. The average molecular weight is 414 g/mol. The van der Waals surface area contributed by atoms with Crippen molar-refractivity contribution in [3.8, 4) is 11.3 Å². The van der Waals surface area contributed by atoms with Crippen molar-refractivity contribution in [1.29, 1.82) is 0 Å². The molecule has 2 fully saturated rings. The lowest BCUT2D eigenvalue weighted by atomic mass is 9.95. The molecular weight excluding hydrogens is 386 g/mol. The van der Waals surface area contributed by atoms with Gasteiger partial charge < -0.3 is 10.2 Å². The molecule has 0 bridgehead atoms. The summed E-state index contributed by atoms with van der Waals surface area (Å²) in [5.41, 5.74) is 3.24. The van der Waals surface area contributed by atoms with Crippen LogP contribution in [0.5, 0.6) is 0 Å². The molecule has 158 valence electrons. The van der Waals surface area contributed by atoms with Crippen LogP contribution in [0.3, 0.4) is 0 Å². The SMILES string of the molecule is O=C(NCC1CC1)[C@H]1CCCN(C(=O)c2cc(-c3ccccc3)nc3ccccc23)C1. The minimum absolute atomic E-state index is 0.0181. The Kier molecular flexibility index (Phi) is 5.41. The molecule has 5 nitrogen and oxygen atoms in total. The van der Waals surface area contributed by atoms with Crippen LogP contribution < -0.4 is 5.32 Å². The first-order chi connectivity index (χ1) is 15.2. The number of para-hydroxylation sites is 1. The van der Waals surface area contributed by atoms with E-state index < -0.39 is 0 Å². The van der Waals surface area contributed by atoms with Crippen LogP contribution in [-0.2, 0) is 4.79 Å². The molecule has 1 atom stereocenters. The van der Waals surface area contributed by atoms with Crippen molar-refractivity contribution in [2.45, 2.75) is 25.7 Å². The van der Waals surface area contributed by atoms with Crippen molar-refractivity contribution in [3.05, 3.63) is 66.2 Å². The van der Waals surface area contributed by atoms with E-state index in [0.717, 1.165) is 41.5 Å². The third kappa shape index (κ3) is 4.31. The van der Waals surface area contributed by atoms with E-state index in [0.29, 0.717) is 24.6 Å². The molecule has 1 saturated carbocycles. The van der Waals surface area contributed by atoms with Gasteiger partial charge in [0.25, 0.3) is 5.91 Å². The van der Waals surface area contributed by atoms with Gasteiger partial charge in [-0.3, -0.25) is 9.59 Å². The number of carbonyl (C=O) groups excluding carboxylic acids is 2. The molecule has 2 aromatic carbocycles. The van der Waals surface area contributed by atoms with Gasteiger partial charge in [-0.1, -0.05) is 48.5 Å². The highest BCUT2D eigenvalue weighted by atomic mass is 16.2. The van der Waals surface area contributed by atoms with Crippen LogP contribution in [0, 0.1) is 11.8 Å². The number of rotatable bonds is 5. The van der Waals surface area contributed by atoms with E-state index in [1.54, 1.807) is 0 Å². The number of likely N-dealkylation sites (tertiary alicyclic amines) is 1. The van der Waals surface area contributed by atoms with Gasteiger partial charge in [0.05, 0.1) is 22.7 Å². The second-order valence-corrected chi connectivity index (χ2v) is 8.72. The van der Waals surface area contributed by atoms with E-state index in [4.69, 9.17) is 4.98 Å². The highest BCUT2D eigenvalue weighted by molar-refractivity contribution is 6.07. The van der Waals surface area contributed by atoms with Crippen molar-refractivity contribution in [2.24, 2.45) is 11.8 Å². The Labute approximate surface area is 182 Å². The van der Waals surface area contributed by atoms with Crippen molar-refractivity contribution in [1.82, 2.24) is 15.2 Å². The van der Waals surface area contributed by atoms with Crippen LogP contribution in [0.2, 0.25) is 0 Å². The highest BCUT2D eigenvalue weighted by Crippen LogP contribution is 2.29. The number of pyridine rings is 1. The van der Waals surface area contributed by atoms with E-state index in [2.05, 4.69) is 5.32 Å². The van der Waals surface area contributed by atoms with Gasteiger partial charge in [0.2, 0.25) is 5.91 Å². The molecular formula is C26H27N3O2. The number of nitrogens with zero attached hydrogens (tertiary/aromatic N) is 2. The first-order valence-corrected chi connectivity index (χ1v) is 11.2. The van der Waals surface area contributed by atoms with Crippen LogP contribution >= 0.6 is 0 Å². The van der Waals surface area contributed by atoms with Gasteiger partial charge in [-0.25, -0.2) is 4.98 Å². The van der Waals surface area contributed by atoms with Gasteiger partial charge in [-0.2, -0.15) is 0 Å². The second-order valence-electron chi connectivity index (χ2n) is 8.72. The Morgan fingerprint density at radius 3 is 2.58 bits per heavy atom. The molecule has 5 heteroatoms. The fourth-order valence-electron chi connectivity index (χ4n) is 4.37. The summed E-state index contributed by atoms with van der Waals surface area (Å²) in [5, 5.41) is 3.94. The smallest absolute Gasteiger partial charge is 0.254 e. The summed E-state index contributed by atoms with van der Waals surface area (Å²) in [7, 11) is 0. The van der Waals surface area contributed by atoms with E-state index in [1.165, 1.54) is 12.8 Å². The minimum atomic E-state index is -0.127.